The van der Waals surface area contributed by atoms with Crippen LogP contribution in [-0.2, 0) is 0 Å². The summed E-state index contributed by atoms with van der Waals surface area (Å²) < 4.78 is 0. The fourth-order valence-electron chi connectivity index (χ4n) is 0.924. The zero-order chi connectivity index (χ0) is 11.4. The van der Waals surface area contributed by atoms with E-state index < -0.39 is 6.23 Å². The van der Waals surface area contributed by atoms with Gasteiger partial charge >= 0.3 is 0 Å². The van der Waals surface area contributed by atoms with Gasteiger partial charge in [0.15, 0.2) is 0 Å². The Kier molecular flexibility index (Phi) is 4.05. The zero-order valence-electron chi connectivity index (χ0n) is 8.82. The molecule has 1 heterocycles. The van der Waals surface area contributed by atoms with Crippen LogP contribution < -0.4 is 10.6 Å². The van der Waals surface area contributed by atoms with Crippen LogP contribution in [0, 0.1) is 0 Å². The van der Waals surface area contributed by atoms with Gasteiger partial charge in [0, 0.05) is 6.04 Å². The number of rotatable bonds is 4. The standard InChI is InChI=1S/C8H14ClN5O/c1-4(2)10-7-12-6(9)13-8(14-7)11-5(3)15/h4-5,15H,1-3H3,(H2,10,11,12,13,14). The Labute approximate surface area is 93.1 Å². The van der Waals surface area contributed by atoms with Gasteiger partial charge in [-0.3, -0.25) is 0 Å². The van der Waals surface area contributed by atoms with Crippen LogP contribution in [0.2, 0.25) is 5.28 Å². The Morgan fingerprint density at radius 2 is 1.60 bits per heavy atom. The number of aliphatic hydroxyl groups is 1. The molecule has 0 fully saturated rings. The van der Waals surface area contributed by atoms with E-state index in [1.165, 1.54) is 0 Å². The number of halogens is 1. The van der Waals surface area contributed by atoms with E-state index >= 15 is 0 Å². The van der Waals surface area contributed by atoms with Crippen LogP contribution in [0.3, 0.4) is 0 Å². The lowest BCUT2D eigenvalue weighted by molar-refractivity contribution is 0.223. The van der Waals surface area contributed by atoms with Gasteiger partial charge in [0.2, 0.25) is 17.2 Å². The summed E-state index contributed by atoms with van der Waals surface area (Å²) in [6.45, 7) is 5.48. The number of hydrogen-bond donors (Lipinski definition) is 3. The van der Waals surface area contributed by atoms with Gasteiger partial charge in [-0.25, -0.2) is 0 Å². The summed E-state index contributed by atoms with van der Waals surface area (Å²) in [7, 11) is 0. The molecule has 0 spiro atoms. The van der Waals surface area contributed by atoms with Gasteiger partial charge in [0.05, 0.1) is 0 Å². The molecule has 0 amide bonds. The molecule has 0 aliphatic rings. The Balaban J connectivity index is 2.84. The number of aromatic nitrogens is 3. The first-order valence-corrected chi connectivity index (χ1v) is 4.98. The third kappa shape index (κ3) is 4.26. The van der Waals surface area contributed by atoms with Gasteiger partial charge in [-0.15, -0.1) is 0 Å². The highest BCUT2D eigenvalue weighted by Crippen LogP contribution is 2.10. The van der Waals surface area contributed by atoms with Crippen molar-refractivity contribution >= 4 is 23.5 Å². The van der Waals surface area contributed by atoms with Crippen molar-refractivity contribution in [1.29, 1.82) is 0 Å². The summed E-state index contributed by atoms with van der Waals surface area (Å²) in [5, 5.41) is 14.8. The number of anilines is 2. The highest BCUT2D eigenvalue weighted by atomic mass is 35.5. The molecule has 0 aromatic carbocycles. The van der Waals surface area contributed by atoms with E-state index in [4.69, 9.17) is 16.7 Å². The molecular formula is C8H14ClN5O. The minimum absolute atomic E-state index is 0.0799. The van der Waals surface area contributed by atoms with E-state index in [9.17, 15) is 0 Å². The van der Waals surface area contributed by atoms with Gasteiger partial charge in [0.1, 0.15) is 6.23 Å². The van der Waals surface area contributed by atoms with Gasteiger partial charge in [-0.2, -0.15) is 15.0 Å². The van der Waals surface area contributed by atoms with Crippen molar-refractivity contribution in [1.82, 2.24) is 15.0 Å². The zero-order valence-corrected chi connectivity index (χ0v) is 9.58. The topological polar surface area (TPSA) is 83.0 Å². The van der Waals surface area contributed by atoms with Crippen LogP contribution >= 0.6 is 11.6 Å². The second-order valence-corrected chi connectivity index (χ2v) is 3.71. The lowest BCUT2D eigenvalue weighted by Gasteiger charge is -2.11. The van der Waals surface area contributed by atoms with Gasteiger partial charge in [0.25, 0.3) is 0 Å². The van der Waals surface area contributed by atoms with E-state index in [1.54, 1.807) is 6.92 Å². The van der Waals surface area contributed by atoms with Crippen molar-refractivity contribution in [2.24, 2.45) is 0 Å². The lowest BCUT2D eigenvalue weighted by Crippen LogP contribution is -2.18. The van der Waals surface area contributed by atoms with Crippen molar-refractivity contribution < 1.29 is 5.11 Å². The van der Waals surface area contributed by atoms with Crippen molar-refractivity contribution in [3.05, 3.63) is 5.28 Å². The van der Waals surface area contributed by atoms with E-state index in [2.05, 4.69) is 25.6 Å². The SMILES string of the molecule is CC(C)Nc1nc(Cl)nc(NC(C)O)n1. The Morgan fingerprint density at radius 3 is 2.07 bits per heavy atom. The maximum absolute atomic E-state index is 9.09. The van der Waals surface area contributed by atoms with Crippen molar-refractivity contribution in [2.75, 3.05) is 10.6 Å². The van der Waals surface area contributed by atoms with Crippen molar-refractivity contribution in [3.8, 4) is 0 Å². The van der Waals surface area contributed by atoms with Crippen LogP contribution in [0.4, 0.5) is 11.9 Å². The van der Waals surface area contributed by atoms with Crippen LogP contribution in [0.5, 0.6) is 0 Å². The molecule has 0 saturated heterocycles. The van der Waals surface area contributed by atoms with Crippen molar-refractivity contribution in [2.45, 2.75) is 33.0 Å². The summed E-state index contributed by atoms with van der Waals surface area (Å²) in [5.74, 6) is 0.626. The highest BCUT2D eigenvalue weighted by molar-refractivity contribution is 6.28. The average Bonchev–Trinajstić information content (AvgIpc) is 1.98. The highest BCUT2D eigenvalue weighted by Gasteiger charge is 2.06. The summed E-state index contributed by atoms with van der Waals surface area (Å²) >= 11 is 5.69. The molecule has 1 aromatic rings. The second kappa shape index (κ2) is 5.09. The van der Waals surface area contributed by atoms with Gasteiger partial charge in [-0.05, 0) is 32.4 Å². The lowest BCUT2D eigenvalue weighted by atomic mass is 10.4. The molecule has 1 aromatic heterocycles. The van der Waals surface area contributed by atoms with Crippen LogP contribution in [-0.4, -0.2) is 32.3 Å². The summed E-state index contributed by atoms with van der Waals surface area (Å²) in [4.78, 5) is 11.7. The predicted molar refractivity (Wildman–Crippen MR) is 58.9 cm³/mol. The molecule has 3 N–H and O–H groups in total. The fourth-order valence-corrected chi connectivity index (χ4v) is 1.08. The van der Waals surface area contributed by atoms with E-state index in [1.807, 2.05) is 13.8 Å². The minimum Gasteiger partial charge on any atom is -0.374 e. The molecule has 6 nitrogen and oxygen atoms in total. The van der Waals surface area contributed by atoms with E-state index in [0.717, 1.165) is 0 Å². The first kappa shape index (κ1) is 11.9. The summed E-state index contributed by atoms with van der Waals surface area (Å²) in [6, 6.07) is 0.197. The van der Waals surface area contributed by atoms with Gasteiger partial charge < -0.3 is 15.7 Å². The maximum Gasteiger partial charge on any atom is 0.230 e. The third-order valence-electron chi connectivity index (χ3n) is 1.36. The number of hydrogen-bond acceptors (Lipinski definition) is 6. The molecule has 0 saturated carbocycles. The molecule has 0 aliphatic carbocycles. The fraction of sp³-hybridized carbons (Fsp3) is 0.625. The number of nitrogens with one attached hydrogen (secondary N) is 2. The molecule has 84 valence electrons. The van der Waals surface area contributed by atoms with E-state index in [-0.39, 0.29) is 17.3 Å². The molecule has 1 unspecified atom stereocenters. The molecule has 0 bridgehead atoms. The molecular weight excluding hydrogens is 218 g/mol. The molecule has 0 aliphatic heterocycles. The van der Waals surface area contributed by atoms with E-state index in [0.29, 0.717) is 5.95 Å². The molecule has 1 rings (SSSR count). The molecule has 7 heteroatoms. The van der Waals surface area contributed by atoms with Crippen LogP contribution in [0.15, 0.2) is 0 Å². The first-order chi connectivity index (χ1) is 6.97. The van der Waals surface area contributed by atoms with Gasteiger partial charge in [-0.1, -0.05) is 0 Å². The molecule has 15 heavy (non-hydrogen) atoms. The summed E-state index contributed by atoms with van der Waals surface area (Å²) in [6.07, 6.45) is -0.740. The van der Waals surface area contributed by atoms with Crippen LogP contribution in [0.25, 0.3) is 0 Å². The average molecular weight is 232 g/mol. The second-order valence-electron chi connectivity index (χ2n) is 3.37. The first-order valence-electron chi connectivity index (χ1n) is 4.60. The number of nitrogens with zero attached hydrogens (tertiary/aromatic N) is 3. The van der Waals surface area contributed by atoms with Crippen molar-refractivity contribution in [3.63, 3.8) is 0 Å². The monoisotopic (exact) mass is 231 g/mol. The normalized spacial score (nSPS) is 12.7. The minimum atomic E-state index is -0.740. The van der Waals surface area contributed by atoms with Crippen LogP contribution in [0.1, 0.15) is 20.8 Å². The maximum atomic E-state index is 9.09. The quantitative estimate of drug-likeness (QED) is 0.673. The smallest absolute Gasteiger partial charge is 0.230 e. The molecule has 1 atom stereocenters. The third-order valence-corrected chi connectivity index (χ3v) is 1.53. The Morgan fingerprint density at radius 1 is 1.07 bits per heavy atom. The predicted octanol–water partition coefficient (Wildman–Crippen LogP) is 1.10. The number of aliphatic hydroxyl groups excluding tert-OH is 1. The Bertz CT molecular complexity index is 303. The largest absolute Gasteiger partial charge is 0.374 e. The summed E-state index contributed by atoms with van der Waals surface area (Å²) in [5.41, 5.74) is 0. The molecule has 0 radical (unpaired) electrons. The Hall–Kier alpha value is -1.14.